The van der Waals surface area contributed by atoms with Crippen molar-refractivity contribution in [2.24, 2.45) is 14.1 Å². The number of amides is 1. The number of aromatic nitrogens is 5. The number of hydrogen-bond acceptors (Lipinski definition) is 6. The zero-order valence-corrected chi connectivity index (χ0v) is 17.9. The number of nitrogens with one attached hydrogen (secondary N) is 1. The number of rotatable bonds is 3. The lowest BCUT2D eigenvalue weighted by molar-refractivity contribution is 0.0933. The van der Waals surface area contributed by atoms with Crippen LogP contribution in [0.1, 0.15) is 29.0 Å². The van der Waals surface area contributed by atoms with Gasteiger partial charge in [0, 0.05) is 51.8 Å². The van der Waals surface area contributed by atoms with E-state index in [0.717, 1.165) is 42.3 Å². The molecule has 1 N–H and O–H groups in total. The monoisotopic (exact) mass is 425 g/mol. The third-order valence-corrected chi connectivity index (χ3v) is 6.25. The number of ether oxygens (including phenoxy) is 1. The summed E-state index contributed by atoms with van der Waals surface area (Å²) in [4.78, 5) is 32.1. The Kier molecular flexibility index (Phi) is 5.01. The average Bonchev–Trinajstić information content (AvgIpc) is 3.17. The van der Waals surface area contributed by atoms with E-state index in [1.807, 2.05) is 25.2 Å². The van der Waals surface area contributed by atoms with Gasteiger partial charge in [-0.3, -0.25) is 9.36 Å². The van der Waals surface area contributed by atoms with Crippen molar-refractivity contribution in [2.75, 3.05) is 31.2 Å². The van der Waals surface area contributed by atoms with Crippen molar-refractivity contribution >= 4 is 22.9 Å². The van der Waals surface area contributed by atoms with Gasteiger partial charge in [0.05, 0.1) is 24.2 Å². The summed E-state index contributed by atoms with van der Waals surface area (Å²) < 4.78 is 10.6. The molecule has 0 aliphatic carbocycles. The molecule has 1 fully saturated rings. The van der Waals surface area contributed by atoms with Gasteiger partial charge in [0.1, 0.15) is 5.82 Å². The first-order valence-electron chi connectivity index (χ1n) is 10.7. The van der Waals surface area contributed by atoms with E-state index in [1.165, 1.54) is 4.68 Å². The number of benzene rings is 1. The molecule has 3 aromatic rings. The molecule has 5 rings (SSSR count). The molecule has 1 aromatic carbocycles. The maximum absolute atomic E-state index is 12.9. The van der Waals surface area contributed by atoms with Crippen molar-refractivity contribution in [1.82, 2.24) is 29.2 Å². The molecule has 1 amide bonds. The number of aryl methyl sites for hydroxylation is 3. The summed E-state index contributed by atoms with van der Waals surface area (Å²) in [6.45, 7) is 3.59. The summed E-state index contributed by atoms with van der Waals surface area (Å²) in [6.07, 6.45) is 2.13. The van der Waals surface area contributed by atoms with Gasteiger partial charge in [-0.05, 0) is 31.0 Å². The highest BCUT2D eigenvalue weighted by atomic mass is 16.5. The van der Waals surface area contributed by atoms with Gasteiger partial charge in [-0.25, -0.2) is 14.5 Å². The minimum atomic E-state index is -0.113. The van der Waals surface area contributed by atoms with Crippen LogP contribution in [0.2, 0.25) is 0 Å². The van der Waals surface area contributed by atoms with Gasteiger partial charge in [-0.1, -0.05) is 0 Å². The molecular formula is C21H27N7O3. The normalized spacial score (nSPS) is 19.3. The molecule has 0 saturated carbocycles. The quantitative estimate of drug-likeness (QED) is 0.654. The van der Waals surface area contributed by atoms with E-state index >= 15 is 0 Å². The largest absolute Gasteiger partial charge is 0.378 e. The van der Waals surface area contributed by atoms with Crippen LogP contribution in [0.4, 0.5) is 5.95 Å². The Labute approximate surface area is 179 Å². The molecule has 1 saturated heterocycles. The SMILES string of the molecule is Cn1nc2n(c1=O)CCC(NC(=O)c1ccc3c(c1)nc(N1CCOCC1)n3C)CC2. The molecule has 1 unspecified atom stereocenters. The first-order valence-corrected chi connectivity index (χ1v) is 10.7. The predicted octanol–water partition coefficient (Wildman–Crippen LogP) is 0.440. The summed E-state index contributed by atoms with van der Waals surface area (Å²) in [7, 11) is 3.67. The Morgan fingerprint density at radius 1 is 1.16 bits per heavy atom. The molecule has 31 heavy (non-hydrogen) atoms. The fraction of sp³-hybridized carbons (Fsp3) is 0.524. The zero-order valence-electron chi connectivity index (χ0n) is 17.9. The van der Waals surface area contributed by atoms with Gasteiger partial charge in [0.15, 0.2) is 0 Å². The number of imidazole rings is 1. The average molecular weight is 425 g/mol. The number of carbonyl (C=O) groups excluding carboxylic acids is 1. The smallest absolute Gasteiger partial charge is 0.345 e. The van der Waals surface area contributed by atoms with E-state index in [0.29, 0.717) is 38.2 Å². The lowest BCUT2D eigenvalue weighted by Gasteiger charge is -2.27. The Balaban J connectivity index is 1.31. The Hall–Kier alpha value is -3.14. The summed E-state index contributed by atoms with van der Waals surface area (Å²) in [6, 6.07) is 5.65. The zero-order chi connectivity index (χ0) is 21.5. The fourth-order valence-electron chi connectivity index (χ4n) is 4.48. The van der Waals surface area contributed by atoms with E-state index in [9.17, 15) is 9.59 Å². The number of nitrogens with zero attached hydrogens (tertiary/aromatic N) is 6. The number of carbonyl (C=O) groups is 1. The summed E-state index contributed by atoms with van der Waals surface area (Å²) in [5.41, 5.74) is 2.30. The predicted molar refractivity (Wildman–Crippen MR) is 115 cm³/mol. The van der Waals surface area contributed by atoms with Crippen LogP contribution in [0.5, 0.6) is 0 Å². The van der Waals surface area contributed by atoms with Gasteiger partial charge in [0.2, 0.25) is 5.95 Å². The number of anilines is 1. The lowest BCUT2D eigenvalue weighted by atomic mass is 10.1. The van der Waals surface area contributed by atoms with Crippen molar-refractivity contribution in [3.8, 4) is 0 Å². The van der Waals surface area contributed by atoms with Crippen molar-refractivity contribution in [3.63, 3.8) is 0 Å². The van der Waals surface area contributed by atoms with E-state index in [4.69, 9.17) is 9.72 Å². The van der Waals surface area contributed by atoms with Crippen LogP contribution < -0.4 is 15.9 Å². The second-order valence-electron chi connectivity index (χ2n) is 8.25. The van der Waals surface area contributed by atoms with Crippen LogP contribution in [0.25, 0.3) is 11.0 Å². The Morgan fingerprint density at radius 3 is 2.77 bits per heavy atom. The van der Waals surface area contributed by atoms with Crippen LogP contribution in [-0.2, 0) is 31.8 Å². The molecule has 0 bridgehead atoms. The van der Waals surface area contributed by atoms with Crippen LogP contribution in [0.15, 0.2) is 23.0 Å². The molecule has 10 heteroatoms. The van der Waals surface area contributed by atoms with Crippen molar-refractivity contribution < 1.29 is 9.53 Å². The summed E-state index contributed by atoms with van der Waals surface area (Å²) in [5, 5.41) is 7.43. The number of hydrogen-bond donors (Lipinski definition) is 1. The molecule has 0 spiro atoms. The first kappa shape index (κ1) is 19.8. The van der Waals surface area contributed by atoms with Crippen molar-refractivity contribution in [1.29, 1.82) is 0 Å². The van der Waals surface area contributed by atoms with Gasteiger partial charge in [-0.15, -0.1) is 0 Å². The second-order valence-corrected chi connectivity index (χ2v) is 8.25. The molecule has 10 nitrogen and oxygen atoms in total. The van der Waals surface area contributed by atoms with Crippen molar-refractivity contribution in [2.45, 2.75) is 31.8 Å². The molecule has 2 aliphatic heterocycles. The fourth-order valence-corrected chi connectivity index (χ4v) is 4.48. The molecular weight excluding hydrogens is 398 g/mol. The maximum atomic E-state index is 12.9. The lowest BCUT2D eigenvalue weighted by Crippen LogP contribution is -2.37. The van der Waals surface area contributed by atoms with E-state index in [-0.39, 0.29) is 17.6 Å². The van der Waals surface area contributed by atoms with Gasteiger partial charge < -0.3 is 19.5 Å². The highest BCUT2D eigenvalue weighted by molar-refractivity contribution is 5.97. The first-order chi connectivity index (χ1) is 15.0. The van der Waals surface area contributed by atoms with Crippen LogP contribution in [0, 0.1) is 0 Å². The van der Waals surface area contributed by atoms with E-state index in [2.05, 4.69) is 19.9 Å². The topological polar surface area (TPSA) is 99.2 Å². The standard InChI is InChI=1S/C21H27N7O3/c1-25-17-5-3-14(13-16(17)23-20(25)27-9-11-31-12-10-27)19(29)22-15-4-6-18-24-26(2)21(30)28(18)8-7-15/h3,5,13,15H,4,6-12H2,1-2H3,(H,22,29). The molecule has 2 aromatic heterocycles. The molecule has 164 valence electrons. The van der Waals surface area contributed by atoms with Crippen LogP contribution in [-0.4, -0.2) is 62.2 Å². The molecule has 4 heterocycles. The summed E-state index contributed by atoms with van der Waals surface area (Å²) in [5.74, 6) is 1.57. The van der Waals surface area contributed by atoms with Crippen LogP contribution in [0.3, 0.4) is 0 Å². The Bertz CT molecular complexity index is 1190. The molecule has 1 atom stereocenters. The van der Waals surface area contributed by atoms with Crippen LogP contribution >= 0.6 is 0 Å². The van der Waals surface area contributed by atoms with Crippen molar-refractivity contribution in [3.05, 3.63) is 40.1 Å². The number of morpholine rings is 1. The minimum absolute atomic E-state index is 0.00208. The van der Waals surface area contributed by atoms with E-state index in [1.54, 1.807) is 11.6 Å². The number of fused-ring (bicyclic) bond motifs is 2. The van der Waals surface area contributed by atoms with Gasteiger partial charge in [0.25, 0.3) is 5.91 Å². The second kappa shape index (κ2) is 7.84. The molecule has 2 aliphatic rings. The maximum Gasteiger partial charge on any atom is 0.345 e. The van der Waals surface area contributed by atoms with Gasteiger partial charge in [-0.2, -0.15) is 5.10 Å². The van der Waals surface area contributed by atoms with E-state index < -0.39 is 0 Å². The highest BCUT2D eigenvalue weighted by Gasteiger charge is 2.23. The Morgan fingerprint density at radius 2 is 1.97 bits per heavy atom. The third kappa shape index (κ3) is 3.60. The third-order valence-electron chi connectivity index (χ3n) is 6.25. The molecule has 0 radical (unpaired) electrons. The van der Waals surface area contributed by atoms with Gasteiger partial charge >= 0.3 is 5.69 Å². The highest BCUT2D eigenvalue weighted by Crippen LogP contribution is 2.23. The minimum Gasteiger partial charge on any atom is -0.378 e. The summed E-state index contributed by atoms with van der Waals surface area (Å²) >= 11 is 0.